The number of piperidine rings is 3. The van der Waals surface area contributed by atoms with E-state index in [1.165, 1.54) is 24.8 Å². The Bertz CT molecular complexity index is 731. The van der Waals surface area contributed by atoms with Gasteiger partial charge in [0, 0.05) is 25.0 Å². The largest absolute Gasteiger partial charge is 0.471 e. The van der Waals surface area contributed by atoms with E-state index in [2.05, 4.69) is 25.5 Å². The van der Waals surface area contributed by atoms with Crippen LogP contribution in [0.2, 0.25) is 0 Å². The number of ether oxygens (including phenoxy) is 1. The maximum atomic E-state index is 5.76. The van der Waals surface area contributed by atoms with Gasteiger partial charge in [-0.3, -0.25) is 0 Å². The van der Waals surface area contributed by atoms with E-state index in [0.29, 0.717) is 12.5 Å². The lowest BCUT2D eigenvalue weighted by molar-refractivity contribution is 0.348. The molecule has 106 valence electrons. The Morgan fingerprint density at radius 2 is 2.33 bits per heavy atom. The Balaban J connectivity index is 1.32. The molecule has 5 heterocycles. The Morgan fingerprint density at radius 3 is 3.05 bits per heavy atom. The molecule has 21 heavy (non-hydrogen) atoms. The Morgan fingerprint density at radius 1 is 1.43 bits per heavy atom. The van der Waals surface area contributed by atoms with E-state index in [1.54, 1.807) is 12.5 Å². The molecule has 0 spiro atoms. The highest BCUT2D eigenvalue weighted by Gasteiger charge is 2.76. The molecule has 2 atom stereocenters. The molecular weight excluding hydrogens is 286 g/mol. The molecule has 0 radical (unpaired) electrons. The van der Waals surface area contributed by atoms with Crippen LogP contribution in [0.15, 0.2) is 23.0 Å². The predicted octanol–water partition coefficient (Wildman–Crippen LogP) is 1.37. The maximum absolute atomic E-state index is 5.76. The average molecular weight is 299 g/mol. The van der Waals surface area contributed by atoms with E-state index < -0.39 is 0 Å². The van der Waals surface area contributed by atoms with Crippen molar-refractivity contribution in [3.63, 3.8) is 0 Å². The monoisotopic (exact) mass is 299 g/mol. The van der Waals surface area contributed by atoms with Crippen LogP contribution < -0.4 is 4.74 Å². The highest BCUT2D eigenvalue weighted by Crippen LogP contribution is 2.70. The summed E-state index contributed by atoms with van der Waals surface area (Å²) in [6.45, 7) is 3.91. The van der Waals surface area contributed by atoms with E-state index in [1.807, 2.05) is 6.07 Å². The van der Waals surface area contributed by atoms with Crippen molar-refractivity contribution in [2.24, 2.45) is 11.8 Å². The molecule has 2 aromatic rings. The van der Waals surface area contributed by atoms with Crippen LogP contribution in [0.4, 0.5) is 0 Å². The molecule has 1 saturated carbocycles. The molecule has 0 N–H and O–H groups in total. The zero-order chi connectivity index (χ0) is 13.9. The van der Waals surface area contributed by atoms with Crippen LogP contribution in [0, 0.1) is 23.7 Å². The third-order valence-electron chi connectivity index (χ3n) is 5.03. The van der Waals surface area contributed by atoms with E-state index in [4.69, 9.17) is 9.15 Å². The lowest BCUT2D eigenvalue weighted by Gasteiger charge is -2.09. The average Bonchev–Trinajstić information content (AvgIpc) is 3.16. The molecule has 0 amide bonds. The first kappa shape index (κ1) is 11.8. The van der Waals surface area contributed by atoms with Gasteiger partial charge in [-0.2, -0.15) is 4.37 Å². The predicted molar refractivity (Wildman–Crippen MR) is 76.1 cm³/mol. The van der Waals surface area contributed by atoms with Crippen LogP contribution in [-0.2, 0) is 5.41 Å². The number of furan rings is 1. The second-order valence-electron chi connectivity index (χ2n) is 5.97. The quantitative estimate of drug-likeness (QED) is 0.801. The minimum atomic E-state index is 0.250. The van der Waals surface area contributed by atoms with Crippen LogP contribution in [-0.4, -0.2) is 39.9 Å². The minimum absolute atomic E-state index is 0.250. The zero-order valence-electron chi connectivity index (χ0n) is 11.3. The molecule has 5 nitrogen and oxygen atoms in total. The Labute approximate surface area is 126 Å². The summed E-state index contributed by atoms with van der Waals surface area (Å²) in [5.74, 6) is 8.23. The van der Waals surface area contributed by atoms with E-state index in [9.17, 15) is 0 Å². The first-order valence-electron chi connectivity index (χ1n) is 7.07. The molecule has 3 saturated heterocycles. The van der Waals surface area contributed by atoms with Crippen molar-refractivity contribution in [2.45, 2.75) is 5.41 Å². The number of aromatic nitrogens is 2. The van der Waals surface area contributed by atoms with E-state index in [0.717, 1.165) is 29.6 Å². The van der Waals surface area contributed by atoms with E-state index in [-0.39, 0.29) is 5.41 Å². The lowest BCUT2D eigenvalue weighted by Crippen LogP contribution is -2.17. The molecule has 0 aromatic carbocycles. The van der Waals surface area contributed by atoms with Gasteiger partial charge in [0.1, 0.15) is 12.0 Å². The van der Waals surface area contributed by atoms with Crippen LogP contribution >= 0.6 is 11.7 Å². The highest BCUT2D eigenvalue weighted by molar-refractivity contribution is 6.99. The second kappa shape index (κ2) is 4.09. The molecule has 6 heteroatoms. The van der Waals surface area contributed by atoms with Gasteiger partial charge in [0.05, 0.1) is 23.6 Å². The Hall–Kier alpha value is -1.84. The van der Waals surface area contributed by atoms with Gasteiger partial charge >= 0.3 is 0 Å². The number of hydrogen-bond acceptors (Lipinski definition) is 6. The smallest absolute Gasteiger partial charge is 0.250 e. The fourth-order valence-electron chi connectivity index (χ4n) is 4.11. The third kappa shape index (κ3) is 1.56. The molecule has 2 aromatic heterocycles. The summed E-state index contributed by atoms with van der Waals surface area (Å²) in [6, 6.07) is 1.83. The molecule has 1 aliphatic carbocycles. The molecule has 4 aliphatic rings. The van der Waals surface area contributed by atoms with Crippen molar-refractivity contribution in [2.75, 3.05) is 26.2 Å². The highest BCUT2D eigenvalue weighted by atomic mass is 32.1. The normalized spacial score (nSPS) is 34.6. The zero-order valence-corrected chi connectivity index (χ0v) is 12.1. The summed E-state index contributed by atoms with van der Waals surface area (Å²) >= 11 is 1.25. The summed E-state index contributed by atoms with van der Waals surface area (Å²) in [6.07, 6.45) is 3.23. The number of hydrogen-bond donors (Lipinski definition) is 0. The van der Waals surface area contributed by atoms with Crippen LogP contribution in [0.3, 0.4) is 0 Å². The minimum Gasteiger partial charge on any atom is -0.471 e. The van der Waals surface area contributed by atoms with Gasteiger partial charge in [0.2, 0.25) is 0 Å². The van der Waals surface area contributed by atoms with Gasteiger partial charge in [0.15, 0.2) is 6.61 Å². The van der Waals surface area contributed by atoms with Gasteiger partial charge in [-0.05, 0) is 17.9 Å². The van der Waals surface area contributed by atoms with Crippen molar-refractivity contribution in [3.05, 3.63) is 29.9 Å². The summed E-state index contributed by atoms with van der Waals surface area (Å²) in [5, 5.41) is 0. The van der Waals surface area contributed by atoms with Gasteiger partial charge in [-0.1, -0.05) is 11.8 Å². The lowest BCUT2D eigenvalue weighted by atomic mass is 10.0. The van der Waals surface area contributed by atoms with Crippen LogP contribution in [0.5, 0.6) is 5.88 Å². The van der Waals surface area contributed by atoms with Gasteiger partial charge < -0.3 is 14.1 Å². The molecular formula is C15H13N3O2S. The van der Waals surface area contributed by atoms with Crippen molar-refractivity contribution in [3.8, 4) is 17.7 Å². The summed E-state index contributed by atoms with van der Waals surface area (Å²) in [4.78, 5) is 2.52. The fourth-order valence-corrected chi connectivity index (χ4v) is 4.70. The topological polar surface area (TPSA) is 51.4 Å². The first-order valence-corrected chi connectivity index (χ1v) is 7.80. The van der Waals surface area contributed by atoms with Crippen molar-refractivity contribution >= 4 is 11.7 Å². The third-order valence-corrected chi connectivity index (χ3v) is 5.54. The number of rotatable bonds is 3. The standard InChI is InChI=1S/C15H13N3O2S/c1(2-10-3-5-19-8-10)4-20-14-13(16-21-17-14)15-9-18-6-11(15)12(15)7-18/h3,5,8,11-12H,4,6-7,9H2. The van der Waals surface area contributed by atoms with Gasteiger partial charge in [-0.25, -0.2) is 0 Å². The molecule has 2 unspecified atom stereocenters. The van der Waals surface area contributed by atoms with Crippen molar-refractivity contribution < 1.29 is 9.15 Å². The van der Waals surface area contributed by atoms with E-state index >= 15 is 0 Å². The molecule has 4 fully saturated rings. The second-order valence-corrected chi connectivity index (χ2v) is 6.50. The Kier molecular flexibility index (Phi) is 2.29. The number of nitrogens with zero attached hydrogens (tertiary/aromatic N) is 3. The van der Waals surface area contributed by atoms with Crippen LogP contribution in [0.1, 0.15) is 11.3 Å². The SMILES string of the molecule is C(#Cc1ccoc1)COc1nsnc1C12CN3CC1C2C3. The first-order chi connectivity index (χ1) is 10.4. The molecule has 6 rings (SSSR count). The van der Waals surface area contributed by atoms with Crippen molar-refractivity contribution in [1.82, 2.24) is 13.6 Å². The van der Waals surface area contributed by atoms with Crippen LogP contribution in [0.25, 0.3) is 0 Å². The molecule has 4 bridgehead atoms. The molecule has 3 aliphatic heterocycles. The summed E-state index contributed by atoms with van der Waals surface area (Å²) < 4.78 is 19.6. The van der Waals surface area contributed by atoms with Gasteiger partial charge in [-0.15, -0.1) is 4.37 Å². The summed E-state index contributed by atoms with van der Waals surface area (Å²) in [5.41, 5.74) is 2.19. The summed E-state index contributed by atoms with van der Waals surface area (Å²) in [7, 11) is 0. The fraction of sp³-hybridized carbons (Fsp3) is 0.467. The maximum Gasteiger partial charge on any atom is 0.250 e. The van der Waals surface area contributed by atoms with Gasteiger partial charge in [0.25, 0.3) is 5.88 Å². The van der Waals surface area contributed by atoms with Crippen molar-refractivity contribution in [1.29, 1.82) is 0 Å².